The summed E-state index contributed by atoms with van der Waals surface area (Å²) < 4.78 is 0. The van der Waals surface area contributed by atoms with Crippen molar-refractivity contribution in [2.75, 3.05) is 11.9 Å². The Kier molecular flexibility index (Phi) is 4.53. The van der Waals surface area contributed by atoms with Crippen LogP contribution in [-0.2, 0) is 4.79 Å². The van der Waals surface area contributed by atoms with Gasteiger partial charge in [-0.05, 0) is 26.0 Å². The average Bonchev–Trinajstić information content (AvgIpc) is 2.25. The molecule has 0 atom stereocenters. The zero-order valence-electron chi connectivity index (χ0n) is 10.3. The number of primary amides is 1. The number of rotatable bonds is 5. The Balaban J connectivity index is 2.96. The van der Waals surface area contributed by atoms with Crippen LogP contribution in [0, 0.1) is 5.41 Å². The van der Waals surface area contributed by atoms with E-state index in [4.69, 9.17) is 35.3 Å². The smallest absolute Gasteiger partial charge is 0.224 e. The number of thiocarbonyl (C=S) groups is 1. The summed E-state index contributed by atoms with van der Waals surface area (Å²) in [7, 11) is 0. The lowest BCUT2D eigenvalue weighted by atomic mass is 9.92. The molecule has 1 rings (SSSR count). The number of amides is 1. The maximum atomic E-state index is 11.2. The molecule has 0 fully saturated rings. The van der Waals surface area contributed by atoms with Gasteiger partial charge in [0.25, 0.3) is 0 Å². The molecule has 0 bridgehead atoms. The summed E-state index contributed by atoms with van der Waals surface area (Å²) in [6.07, 6.45) is 0. The van der Waals surface area contributed by atoms with E-state index < -0.39 is 5.41 Å². The van der Waals surface area contributed by atoms with E-state index in [9.17, 15) is 4.79 Å². The van der Waals surface area contributed by atoms with E-state index in [1.807, 2.05) is 0 Å². The Morgan fingerprint density at radius 3 is 2.56 bits per heavy atom. The molecule has 1 aromatic carbocycles. The highest BCUT2D eigenvalue weighted by molar-refractivity contribution is 7.80. The summed E-state index contributed by atoms with van der Waals surface area (Å²) in [6.45, 7) is 3.89. The molecule has 0 aliphatic carbocycles. The molecule has 0 aromatic heterocycles. The quantitative estimate of drug-likeness (QED) is 0.722. The number of carbonyl (C=O) groups excluding carboxylic acids is 1. The van der Waals surface area contributed by atoms with Crippen LogP contribution < -0.4 is 16.8 Å². The van der Waals surface area contributed by atoms with Crippen molar-refractivity contribution in [1.29, 1.82) is 0 Å². The number of nitrogens with two attached hydrogens (primary N) is 2. The fourth-order valence-electron chi connectivity index (χ4n) is 1.33. The highest BCUT2D eigenvalue weighted by Crippen LogP contribution is 2.25. The van der Waals surface area contributed by atoms with Crippen molar-refractivity contribution < 1.29 is 4.79 Å². The number of carbonyl (C=O) groups is 1. The number of halogens is 1. The van der Waals surface area contributed by atoms with Crippen LogP contribution in [0.5, 0.6) is 0 Å². The van der Waals surface area contributed by atoms with Gasteiger partial charge in [0.1, 0.15) is 4.99 Å². The van der Waals surface area contributed by atoms with E-state index in [0.717, 1.165) is 0 Å². The topological polar surface area (TPSA) is 81.1 Å². The fourth-order valence-corrected chi connectivity index (χ4v) is 1.88. The average molecular weight is 286 g/mol. The van der Waals surface area contributed by atoms with E-state index in [-0.39, 0.29) is 10.9 Å². The van der Waals surface area contributed by atoms with Gasteiger partial charge in [-0.25, -0.2) is 0 Å². The monoisotopic (exact) mass is 285 g/mol. The van der Waals surface area contributed by atoms with Gasteiger partial charge in [0.05, 0.1) is 16.0 Å². The highest BCUT2D eigenvalue weighted by atomic mass is 35.5. The summed E-state index contributed by atoms with van der Waals surface area (Å²) in [5, 5.41) is 3.58. The van der Waals surface area contributed by atoms with Crippen LogP contribution in [0.2, 0.25) is 5.02 Å². The van der Waals surface area contributed by atoms with Crippen molar-refractivity contribution >= 4 is 40.4 Å². The summed E-state index contributed by atoms with van der Waals surface area (Å²) in [5.74, 6) is -0.381. The van der Waals surface area contributed by atoms with Crippen LogP contribution in [0.25, 0.3) is 0 Å². The molecule has 0 unspecified atom stereocenters. The van der Waals surface area contributed by atoms with Crippen molar-refractivity contribution in [3.8, 4) is 0 Å². The minimum atomic E-state index is -0.671. The van der Waals surface area contributed by atoms with Crippen LogP contribution in [0.4, 0.5) is 5.69 Å². The van der Waals surface area contributed by atoms with Gasteiger partial charge in [-0.1, -0.05) is 29.9 Å². The van der Waals surface area contributed by atoms with Gasteiger partial charge in [-0.3, -0.25) is 4.79 Å². The van der Waals surface area contributed by atoms with E-state index in [1.165, 1.54) is 0 Å². The van der Waals surface area contributed by atoms with Crippen molar-refractivity contribution in [3.63, 3.8) is 0 Å². The first-order chi connectivity index (χ1) is 8.25. The normalized spacial score (nSPS) is 11.1. The fraction of sp³-hybridized carbons (Fsp3) is 0.333. The molecular weight excluding hydrogens is 270 g/mol. The van der Waals surface area contributed by atoms with Crippen LogP contribution in [0.15, 0.2) is 18.2 Å². The van der Waals surface area contributed by atoms with Crippen molar-refractivity contribution in [1.82, 2.24) is 0 Å². The van der Waals surface area contributed by atoms with Gasteiger partial charge >= 0.3 is 0 Å². The van der Waals surface area contributed by atoms with Gasteiger partial charge in [0, 0.05) is 12.2 Å². The first-order valence-electron chi connectivity index (χ1n) is 5.38. The molecule has 98 valence electrons. The van der Waals surface area contributed by atoms with Crippen molar-refractivity contribution in [2.45, 2.75) is 13.8 Å². The molecule has 0 heterocycles. The largest absolute Gasteiger partial charge is 0.389 e. The zero-order valence-corrected chi connectivity index (χ0v) is 11.9. The zero-order chi connectivity index (χ0) is 13.9. The van der Waals surface area contributed by atoms with Crippen molar-refractivity contribution in [3.05, 3.63) is 28.8 Å². The molecule has 0 saturated carbocycles. The predicted molar refractivity (Wildman–Crippen MR) is 78.8 cm³/mol. The van der Waals surface area contributed by atoms with Crippen molar-refractivity contribution in [2.24, 2.45) is 16.9 Å². The minimum Gasteiger partial charge on any atom is -0.389 e. The lowest BCUT2D eigenvalue weighted by Gasteiger charge is -2.22. The van der Waals surface area contributed by atoms with Crippen LogP contribution in [0.3, 0.4) is 0 Å². The maximum absolute atomic E-state index is 11.2. The maximum Gasteiger partial charge on any atom is 0.224 e. The second kappa shape index (κ2) is 5.54. The predicted octanol–water partition coefficient (Wildman–Crippen LogP) is 1.90. The van der Waals surface area contributed by atoms with E-state index in [1.54, 1.807) is 32.0 Å². The van der Waals surface area contributed by atoms with Gasteiger partial charge in [-0.15, -0.1) is 0 Å². The summed E-state index contributed by atoms with van der Waals surface area (Å²) in [5.41, 5.74) is 11.5. The van der Waals surface area contributed by atoms with E-state index >= 15 is 0 Å². The number of nitrogens with one attached hydrogen (secondary N) is 1. The summed E-state index contributed by atoms with van der Waals surface area (Å²) in [4.78, 5) is 11.4. The van der Waals surface area contributed by atoms with E-state index in [0.29, 0.717) is 22.8 Å². The van der Waals surface area contributed by atoms with Crippen LogP contribution >= 0.6 is 23.8 Å². The van der Waals surface area contributed by atoms with Gasteiger partial charge < -0.3 is 16.8 Å². The first-order valence-corrected chi connectivity index (χ1v) is 6.16. The Morgan fingerprint density at radius 2 is 2.06 bits per heavy atom. The highest BCUT2D eigenvalue weighted by Gasteiger charge is 2.25. The van der Waals surface area contributed by atoms with Crippen LogP contribution in [0.1, 0.15) is 19.4 Å². The Bertz CT molecular complexity index is 488. The molecule has 0 radical (unpaired) electrons. The Labute approximate surface area is 117 Å². The molecular formula is C12H16ClN3OS. The summed E-state index contributed by atoms with van der Waals surface area (Å²) in [6, 6.07) is 5.29. The number of anilines is 1. The second-order valence-corrected chi connectivity index (χ2v) is 5.48. The molecule has 0 aliphatic rings. The molecule has 6 heteroatoms. The molecule has 4 nitrogen and oxygen atoms in total. The first kappa shape index (κ1) is 14.7. The molecule has 0 saturated heterocycles. The lowest BCUT2D eigenvalue weighted by Crippen LogP contribution is -2.37. The molecule has 1 aromatic rings. The summed E-state index contributed by atoms with van der Waals surface area (Å²) >= 11 is 11.0. The van der Waals surface area contributed by atoms with Crippen LogP contribution in [-0.4, -0.2) is 17.4 Å². The van der Waals surface area contributed by atoms with Gasteiger partial charge in [0.2, 0.25) is 5.91 Å². The van der Waals surface area contributed by atoms with E-state index in [2.05, 4.69) is 5.32 Å². The molecule has 1 amide bonds. The minimum absolute atomic E-state index is 0.208. The number of hydrogen-bond acceptors (Lipinski definition) is 3. The number of benzene rings is 1. The SMILES string of the molecule is CC(C)(CNc1cccc(Cl)c1C(N)=S)C(N)=O. The molecule has 0 aliphatic heterocycles. The molecule has 0 spiro atoms. The standard InChI is InChI=1S/C12H16ClN3OS/c1-12(2,11(15)17)6-16-8-5-3-4-7(13)9(8)10(14)18/h3-5,16H,6H2,1-2H3,(H2,14,18)(H2,15,17). The third kappa shape index (κ3) is 3.34. The van der Waals surface area contributed by atoms with Gasteiger partial charge in [-0.2, -0.15) is 0 Å². The number of hydrogen-bond donors (Lipinski definition) is 3. The lowest BCUT2D eigenvalue weighted by molar-refractivity contribution is -0.125. The molecule has 18 heavy (non-hydrogen) atoms. The second-order valence-electron chi connectivity index (χ2n) is 4.63. The Hall–Kier alpha value is -1.33. The third-order valence-electron chi connectivity index (χ3n) is 2.65. The van der Waals surface area contributed by atoms with Gasteiger partial charge in [0.15, 0.2) is 0 Å². The Morgan fingerprint density at radius 1 is 1.44 bits per heavy atom. The third-order valence-corrected chi connectivity index (χ3v) is 3.17. The molecule has 5 N–H and O–H groups in total.